The van der Waals surface area contributed by atoms with Gasteiger partial charge in [-0.15, -0.1) is 0 Å². The first kappa shape index (κ1) is 16.9. The van der Waals surface area contributed by atoms with Crippen LogP contribution >= 0.6 is 0 Å². The van der Waals surface area contributed by atoms with E-state index in [1.54, 1.807) is 30.3 Å². The average molecular weight is 364 g/mol. The minimum absolute atomic E-state index is 0.0248. The van der Waals surface area contributed by atoms with Gasteiger partial charge in [-0.3, -0.25) is 0 Å². The van der Waals surface area contributed by atoms with Crippen LogP contribution in [0.3, 0.4) is 0 Å². The number of hydrogen-bond acceptors (Lipinski definition) is 6. The van der Waals surface area contributed by atoms with Crippen molar-refractivity contribution in [1.29, 1.82) is 0 Å². The molecule has 0 saturated carbocycles. The van der Waals surface area contributed by atoms with Gasteiger partial charge in [0, 0.05) is 0 Å². The molecule has 1 atom stereocenters. The molecule has 1 aliphatic heterocycles. The van der Waals surface area contributed by atoms with Gasteiger partial charge in [-0.1, -0.05) is 36.4 Å². The highest BCUT2D eigenvalue weighted by molar-refractivity contribution is 5.99. The number of carbonyl (C=O) groups is 2. The van der Waals surface area contributed by atoms with Crippen LogP contribution in [0.15, 0.2) is 60.7 Å². The van der Waals surface area contributed by atoms with Gasteiger partial charge in [-0.25, -0.2) is 9.59 Å². The first-order valence-corrected chi connectivity index (χ1v) is 8.37. The molecule has 0 saturated heterocycles. The Hall–Kier alpha value is -3.54. The Kier molecular flexibility index (Phi) is 4.38. The molecule has 1 heterocycles. The Labute approximate surface area is 155 Å². The van der Waals surface area contributed by atoms with Crippen LogP contribution in [0, 0.1) is 0 Å². The van der Waals surface area contributed by atoms with Crippen molar-refractivity contribution < 1.29 is 28.5 Å². The highest BCUT2D eigenvalue weighted by atomic mass is 16.6. The molecule has 136 valence electrons. The lowest BCUT2D eigenvalue weighted by molar-refractivity contribution is -0.144. The highest BCUT2D eigenvalue weighted by Gasteiger charge is 2.30. The maximum Gasteiger partial charge on any atom is 0.356 e. The summed E-state index contributed by atoms with van der Waals surface area (Å²) in [6.45, 7) is 0.0248. The third-order valence-corrected chi connectivity index (χ3v) is 4.24. The van der Waals surface area contributed by atoms with Crippen LogP contribution < -0.4 is 14.2 Å². The molecule has 27 heavy (non-hydrogen) atoms. The van der Waals surface area contributed by atoms with Crippen LogP contribution in [-0.2, 0) is 9.53 Å². The van der Waals surface area contributed by atoms with Gasteiger partial charge in [0.05, 0.1) is 7.11 Å². The predicted octanol–water partition coefficient (Wildman–Crippen LogP) is 3.37. The van der Waals surface area contributed by atoms with E-state index in [9.17, 15) is 9.59 Å². The number of esters is 2. The van der Waals surface area contributed by atoms with Crippen LogP contribution in [0.5, 0.6) is 17.2 Å². The van der Waals surface area contributed by atoms with Gasteiger partial charge in [0.2, 0.25) is 6.10 Å². The van der Waals surface area contributed by atoms with Crippen LogP contribution in [0.1, 0.15) is 10.4 Å². The first-order valence-electron chi connectivity index (χ1n) is 8.37. The number of fused-ring (bicyclic) bond motifs is 2. The molecule has 0 unspecified atom stereocenters. The number of ether oxygens (including phenoxy) is 4. The van der Waals surface area contributed by atoms with E-state index in [1.807, 2.05) is 30.3 Å². The van der Waals surface area contributed by atoms with Gasteiger partial charge >= 0.3 is 11.9 Å². The van der Waals surface area contributed by atoms with Crippen molar-refractivity contribution in [2.45, 2.75) is 6.10 Å². The molecule has 0 amide bonds. The van der Waals surface area contributed by atoms with Gasteiger partial charge < -0.3 is 18.9 Å². The van der Waals surface area contributed by atoms with Crippen molar-refractivity contribution in [3.8, 4) is 17.2 Å². The van der Waals surface area contributed by atoms with E-state index in [0.29, 0.717) is 11.5 Å². The lowest BCUT2D eigenvalue weighted by Crippen LogP contribution is -2.39. The maximum absolute atomic E-state index is 12.6. The van der Waals surface area contributed by atoms with E-state index < -0.39 is 18.0 Å². The van der Waals surface area contributed by atoms with Gasteiger partial charge in [0.25, 0.3) is 0 Å². The monoisotopic (exact) mass is 364 g/mol. The first-order chi connectivity index (χ1) is 13.2. The summed E-state index contributed by atoms with van der Waals surface area (Å²) in [7, 11) is 1.28. The summed E-state index contributed by atoms with van der Waals surface area (Å²) in [6, 6.07) is 17.8. The van der Waals surface area contributed by atoms with Crippen LogP contribution in [0.2, 0.25) is 0 Å². The van der Waals surface area contributed by atoms with E-state index in [2.05, 4.69) is 0 Å². The van der Waals surface area contributed by atoms with Crippen molar-refractivity contribution >= 4 is 22.7 Å². The summed E-state index contributed by atoms with van der Waals surface area (Å²) < 4.78 is 21.5. The van der Waals surface area contributed by atoms with E-state index in [-0.39, 0.29) is 17.9 Å². The molecule has 0 aliphatic carbocycles. The quantitative estimate of drug-likeness (QED) is 0.524. The van der Waals surface area contributed by atoms with E-state index in [4.69, 9.17) is 18.9 Å². The molecular formula is C21H16O6. The van der Waals surface area contributed by atoms with Crippen molar-refractivity contribution in [1.82, 2.24) is 0 Å². The second kappa shape index (κ2) is 6.99. The van der Waals surface area contributed by atoms with Crippen molar-refractivity contribution in [2.75, 3.05) is 13.7 Å². The lowest BCUT2D eigenvalue weighted by atomic mass is 10.1. The zero-order valence-corrected chi connectivity index (χ0v) is 14.5. The van der Waals surface area contributed by atoms with Crippen LogP contribution in [0.4, 0.5) is 0 Å². The Morgan fingerprint density at radius 2 is 1.63 bits per heavy atom. The fourth-order valence-electron chi connectivity index (χ4n) is 2.88. The van der Waals surface area contributed by atoms with Crippen molar-refractivity contribution in [3.05, 3.63) is 66.2 Å². The number of carbonyl (C=O) groups excluding carboxylic acids is 2. The lowest BCUT2D eigenvalue weighted by Gasteiger charge is -2.25. The molecule has 0 radical (unpaired) electrons. The van der Waals surface area contributed by atoms with Crippen molar-refractivity contribution in [3.63, 3.8) is 0 Å². The Morgan fingerprint density at radius 3 is 2.37 bits per heavy atom. The summed E-state index contributed by atoms with van der Waals surface area (Å²) >= 11 is 0. The SMILES string of the molecule is COC(=O)c1cc2ccccc2cc1OC(=O)[C@@H]1COc2ccccc2O1. The number of hydrogen-bond donors (Lipinski definition) is 0. The summed E-state index contributed by atoms with van der Waals surface area (Å²) in [5, 5.41) is 1.67. The summed E-state index contributed by atoms with van der Waals surface area (Å²) in [4.78, 5) is 24.7. The molecule has 0 spiro atoms. The molecule has 0 fully saturated rings. The van der Waals surface area contributed by atoms with Gasteiger partial charge in [-0.05, 0) is 35.0 Å². The Balaban J connectivity index is 1.62. The molecule has 0 bridgehead atoms. The fraction of sp³-hybridized carbons (Fsp3) is 0.143. The second-order valence-electron chi connectivity index (χ2n) is 5.97. The smallest absolute Gasteiger partial charge is 0.356 e. The minimum Gasteiger partial charge on any atom is -0.485 e. The van der Waals surface area contributed by atoms with Gasteiger partial charge in [0.15, 0.2) is 11.5 Å². The molecule has 6 nitrogen and oxygen atoms in total. The van der Waals surface area contributed by atoms with Crippen LogP contribution in [0.25, 0.3) is 10.8 Å². The fourth-order valence-corrected chi connectivity index (χ4v) is 2.88. The topological polar surface area (TPSA) is 71.1 Å². The molecule has 6 heteroatoms. The van der Waals surface area contributed by atoms with Gasteiger partial charge in [-0.2, -0.15) is 0 Å². The van der Waals surface area contributed by atoms with Crippen LogP contribution in [-0.4, -0.2) is 31.8 Å². The van der Waals surface area contributed by atoms with E-state index in [1.165, 1.54) is 7.11 Å². The van der Waals surface area contributed by atoms with E-state index in [0.717, 1.165) is 10.8 Å². The largest absolute Gasteiger partial charge is 0.485 e. The summed E-state index contributed by atoms with van der Waals surface area (Å²) in [6.07, 6.45) is -0.933. The molecule has 3 aromatic rings. The number of benzene rings is 3. The standard InChI is InChI=1S/C21H16O6/c1-24-20(22)15-10-13-6-2-3-7-14(13)11-18(15)27-21(23)19-12-25-16-8-4-5-9-17(16)26-19/h2-11,19H,12H2,1H3/t19-/m0/s1. The molecular weight excluding hydrogens is 348 g/mol. The third-order valence-electron chi connectivity index (χ3n) is 4.24. The highest BCUT2D eigenvalue weighted by Crippen LogP contribution is 2.32. The summed E-state index contributed by atoms with van der Waals surface area (Å²) in [5.74, 6) is -0.0763. The maximum atomic E-state index is 12.6. The third kappa shape index (κ3) is 3.29. The van der Waals surface area contributed by atoms with Gasteiger partial charge in [0.1, 0.15) is 17.9 Å². The normalized spacial score (nSPS) is 15.2. The second-order valence-corrected chi connectivity index (χ2v) is 5.97. The predicted molar refractivity (Wildman–Crippen MR) is 97.3 cm³/mol. The number of rotatable bonds is 3. The average Bonchev–Trinajstić information content (AvgIpc) is 2.72. The molecule has 0 aromatic heterocycles. The molecule has 1 aliphatic rings. The molecule has 0 N–H and O–H groups in total. The van der Waals surface area contributed by atoms with E-state index >= 15 is 0 Å². The minimum atomic E-state index is -0.933. The molecule has 3 aromatic carbocycles. The van der Waals surface area contributed by atoms with Crippen molar-refractivity contribution in [2.24, 2.45) is 0 Å². The molecule has 4 rings (SSSR count). The summed E-state index contributed by atoms with van der Waals surface area (Å²) in [5.41, 5.74) is 0.168. The zero-order chi connectivity index (χ0) is 18.8. The number of methoxy groups -OCH3 is 1. The number of para-hydroxylation sites is 2. The zero-order valence-electron chi connectivity index (χ0n) is 14.5. The Morgan fingerprint density at radius 1 is 0.963 bits per heavy atom. The Bertz CT molecular complexity index is 1030.